The molecule has 1 N–H and O–H groups in total. The Morgan fingerprint density at radius 1 is 1.29 bits per heavy atom. The summed E-state index contributed by atoms with van der Waals surface area (Å²) in [7, 11) is 0. The molecule has 1 fully saturated rings. The molecule has 1 aromatic rings. The summed E-state index contributed by atoms with van der Waals surface area (Å²) in [6, 6.07) is 5.34. The van der Waals surface area contributed by atoms with Crippen LogP contribution in [0.25, 0.3) is 0 Å². The molecule has 1 heterocycles. The molecule has 0 radical (unpaired) electrons. The van der Waals surface area contributed by atoms with Crippen molar-refractivity contribution in [1.29, 1.82) is 0 Å². The van der Waals surface area contributed by atoms with Gasteiger partial charge in [-0.25, -0.2) is 0 Å². The highest BCUT2D eigenvalue weighted by Gasteiger charge is 2.25. The smallest absolute Gasteiger partial charge is 0.220 e. The summed E-state index contributed by atoms with van der Waals surface area (Å²) < 4.78 is 0. The van der Waals surface area contributed by atoms with Crippen molar-refractivity contribution < 1.29 is 4.79 Å². The Kier molecular flexibility index (Phi) is 2.66. The number of nitrogens with one attached hydrogen (secondary N) is 1. The molecule has 1 aromatic carbocycles. The molecule has 2 rings (SSSR count). The Bertz CT molecular complexity index is 358. The molecular formula is C10H9Cl2NO. The minimum Gasteiger partial charge on any atom is -0.349 e. The van der Waals surface area contributed by atoms with Gasteiger partial charge < -0.3 is 5.32 Å². The highest BCUT2D eigenvalue weighted by atomic mass is 35.5. The zero-order valence-electron chi connectivity index (χ0n) is 7.39. The number of hydrogen-bond donors (Lipinski definition) is 1. The predicted octanol–water partition coefficient (Wildman–Crippen LogP) is 2.94. The van der Waals surface area contributed by atoms with E-state index in [2.05, 4.69) is 5.32 Å². The minimum atomic E-state index is -0.0244. The lowest BCUT2D eigenvalue weighted by Gasteiger charge is -2.13. The molecule has 2 nitrogen and oxygen atoms in total. The molecule has 0 bridgehead atoms. The molecule has 0 spiro atoms. The molecule has 0 aliphatic carbocycles. The van der Waals surface area contributed by atoms with E-state index in [9.17, 15) is 4.79 Å². The van der Waals surface area contributed by atoms with E-state index in [4.69, 9.17) is 23.2 Å². The van der Waals surface area contributed by atoms with E-state index in [0.717, 1.165) is 12.0 Å². The fourth-order valence-corrected chi connectivity index (χ4v) is 2.34. The van der Waals surface area contributed by atoms with Crippen LogP contribution in [0, 0.1) is 0 Å². The van der Waals surface area contributed by atoms with E-state index in [0.29, 0.717) is 16.5 Å². The van der Waals surface area contributed by atoms with Crippen LogP contribution in [-0.4, -0.2) is 5.91 Å². The van der Waals surface area contributed by atoms with Gasteiger partial charge >= 0.3 is 0 Å². The first-order valence-corrected chi connectivity index (χ1v) is 5.17. The lowest BCUT2D eigenvalue weighted by Crippen LogP contribution is -2.18. The van der Waals surface area contributed by atoms with E-state index in [-0.39, 0.29) is 11.9 Å². The first kappa shape index (κ1) is 9.81. The summed E-state index contributed by atoms with van der Waals surface area (Å²) in [4.78, 5) is 11.1. The van der Waals surface area contributed by atoms with Crippen molar-refractivity contribution in [3.63, 3.8) is 0 Å². The highest BCUT2D eigenvalue weighted by molar-refractivity contribution is 6.36. The molecule has 1 unspecified atom stereocenters. The predicted molar refractivity (Wildman–Crippen MR) is 56.6 cm³/mol. The third kappa shape index (κ3) is 1.72. The lowest BCUT2D eigenvalue weighted by molar-refractivity contribution is -0.119. The van der Waals surface area contributed by atoms with Crippen molar-refractivity contribution in [3.05, 3.63) is 33.8 Å². The molecular weight excluding hydrogens is 221 g/mol. The number of carbonyl (C=O) groups excluding carboxylic acids is 1. The molecule has 14 heavy (non-hydrogen) atoms. The second kappa shape index (κ2) is 3.79. The van der Waals surface area contributed by atoms with Gasteiger partial charge in [0.25, 0.3) is 0 Å². The minimum absolute atomic E-state index is 0.0244. The molecule has 0 aromatic heterocycles. The van der Waals surface area contributed by atoms with Crippen LogP contribution in [0.15, 0.2) is 18.2 Å². The molecule has 1 saturated heterocycles. The molecule has 0 saturated carbocycles. The molecule has 74 valence electrons. The van der Waals surface area contributed by atoms with Gasteiger partial charge in [-0.15, -0.1) is 0 Å². The summed E-state index contributed by atoms with van der Waals surface area (Å²) >= 11 is 12.0. The van der Waals surface area contributed by atoms with Crippen LogP contribution in [0.1, 0.15) is 24.4 Å². The molecule has 1 amide bonds. The quantitative estimate of drug-likeness (QED) is 0.789. The Morgan fingerprint density at radius 2 is 1.93 bits per heavy atom. The largest absolute Gasteiger partial charge is 0.349 e. The topological polar surface area (TPSA) is 29.1 Å². The van der Waals surface area contributed by atoms with Gasteiger partial charge in [0.1, 0.15) is 0 Å². The normalized spacial score (nSPS) is 21.0. The molecule has 1 aliphatic heterocycles. The monoisotopic (exact) mass is 229 g/mol. The number of amides is 1. The van der Waals surface area contributed by atoms with Gasteiger partial charge in [-0.3, -0.25) is 4.79 Å². The van der Waals surface area contributed by atoms with Gasteiger partial charge in [-0.2, -0.15) is 0 Å². The van der Waals surface area contributed by atoms with E-state index >= 15 is 0 Å². The Morgan fingerprint density at radius 3 is 2.43 bits per heavy atom. The molecule has 4 heteroatoms. The van der Waals surface area contributed by atoms with Gasteiger partial charge in [0.15, 0.2) is 0 Å². The summed E-state index contributed by atoms with van der Waals surface area (Å²) in [5.74, 6) is 0.0611. The van der Waals surface area contributed by atoms with Crippen LogP contribution in [0.5, 0.6) is 0 Å². The maximum absolute atomic E-state index is 11.1. The third-order valence-corrected chi connectivity index (χ3v) is 3.00. The Balaban J connectivity index is 2.36. The van der Waals surface area contributed by atoms with Crippen LogP contribution in [0.2, 0.25) is 10.0 Å². The summed E-state index contributed by atoms with van der Waals surface area (Å²) in [5.41, 5.74) is 0.835. The Labute approximate surface area is 92.2 Å². The average molecular weight is 230 g/mol. The van der Waals surface area contributed by atoms with Crippen LogP contribution in [0.3, 0.4) is 0 Å². The van der Waals surface area contributed by atoms with Gasteiger partial charge in [0, 0.05) is 22.0 Å². The summed E-state index contributed by atoms with van der Waals surface area (Å²) in [6.07, 6.45) is 1.31. The van der Waals surface area contributed by atoms with Crippen LogP contribution >= 0.6 is 23.2 Å². The first-order valence-electron chi connectivity index (χ1n) is 4.42. The second-order valence-corrected chi connectivity index (χ2v) is 4.11. The number of halogens is 2. The Hall–Kier alpha value is -0.730. The van der Waals surface area contributed by atoms with Crippen molar-refractivity contribution in [2.75, 3.05) is 0 Å². The van der Waals surface area contributed by atoms with E-state index in [1.807, 2.05) is 0 Å². The average Bonchev–Trinajstić information content (AvgIpc) is 2.51. The molecule has 1 atom stereocenters. The highest BCUT2D eigenvalue weighted by Crippen LogP contribution is 2.34. The zero-order chi connectivity index (χ0) is 10.1. The van der Waals surface area contributed by atoms with Crippen LogP contribution < -0.4 is 5.32 Å². The fourth-order valence-electron chi connectivity index (χ4n) is 1.67. The van der Waals surface area contributed by atoms with Crippen molar-refractivity contribution in [2.45, 2.75) is 18.9 Å². The van der Waals surface area contributed by atoms with E-state index in [1.165, 1.54) is 0 Å². The van der Waals surface area contributed by atoms with Crippen LogP contribution in [-0.2, 0) is 4.79 Å². The summed E-state index contributed by atoms with van der Waals surface area (Å²) in [6.45, 7) is 0. The lowest BCUT2D eigenvalue weighted by atomic mass is 10.1. The van der Waals surface area contributed by atoms with Gasteiger partial charge in [0.05, 0.1) is 6.04 Å². The van der Waals surface area contributed by atoms with Crippen molar-refractivity contribution in [3.8, 4) is 0 Å². The van der Waals surface area contributed by atoms with Crippen molar-refractivity contribution in [1.82, 2.24) is 5.32 Å². The van der Waals surface area contributed by atoms with E-state index in [1.54, 1.807) is 18.2 Å². The van der Waals surface area contributed by atoms with Gasteiger partial charge in [-0.1, -0.05) is 29.3 Å². The molecule has 1 aliphatic rings. The van der Waals surface area contributed by atoms with Gasteiger partial charge in [0.2, 0.25) is 5.91 Å². The second-order valence-electron chi connectivity index (χ2n) is 3.29. The van der Waals surface area contributed by atoms with Crippen LogP contribution in [0.4, 0.5) is 0 Å². The third-order valence-electron chi connectivity index (χ3n) is 2.34. The standard InChI is InChI=1S/C10H9Cl2NO/c11-6-2-1-3-7(12)10(6)8-4-5-9(14)13-8/h1-3,8H,4-5H2,(H,13,14). The van der Waals surface area contributed by atoms with Gasteiger partial charge in [-0.05, 0) is 18.6 Å². The first-order chi connectivity index (χ1) is 6.68. The zero-order valence-corrected chi connectivity index (χ0v) is 8.90. The maximum atomic E-state index is 11.1. The number of carbonyl (C=O) groups is 1. The number of hydrogen-bond acceptors (Lipinski definition) is 1. The SMILES string of the molecule is O=C1CCC(c2c(Cl)cccc2Cl)N1. The van der Waals surface area contributed by atoms with Crippen molar-refractivity contribution in [2.24, 2.45) is 0 Å². The maximum Gasteiger partial charge on any atom is 0.220 e. The summed E-state index contributed by atoms with van der Waals surface area (Å²) in [5, 5.41) is 4.07. The fraction of sp³-hybridized carbons (Fsp3) is 0.300. The van der Waals surface area contributed by atoms with E-state index < -0.39 is 0 Å². The number of rotatable bonds is 1. The number of benzene rings is 1. The van der Waals surface area contributed by atoms with Crippen molar-refractivity contribution >= 4 is 29.1 Å².